The molecule has 0 aliphatic carbocycles. The van der Waals surface area contributed by atoms with Crippen LogP contribution < -0.4 is 16.4 Å². The number of hydrogen-bond acceptors (Lipinski definition) is 0. The Morgan fingerprint density at radius 1 is 0.500 bits per heavy atom. The van der Waals surface area contributed by atoms with Gasteiger partial charge in [-0.3, -0.25) is 0 Å². The van der Waals surface area contributed by atoms with Crippen LogP contribution in [0.5, 0.6) is 0 Å². The fourth-order valence-electron chi connectivity index (χ4n) is 9.55. The minimum Gasteiger partial charge on any atom is -0.310 e. The number of nitrogens with zero attached hydrogens (tertiary/aromatic N) is 1. The smallest absolute Gasteiger partial charge is 0.248 e. The van der Waals surface area contributed by atoms with E-state index in [2.05, 4.69) is 162 Å². The lowest BCUT2D eigenvalue weighted by atomic mass is 9.27. The summed E-state index contributed by atoms with van der Waals surface area (Å²) in [5.74, 6) is 0. The second-order valence-electron chi connectivity index (χ2n) is 13.1. The molecule has 0 saturated heterocycles. The molecule has 1 aromatic heterocycles. The summed E-state index contributed by atoms with van der Waals surface area (Å²) in [5, 5.41) is 2.69. The van der Waals surface area contributed by atoms with Crippen molar-refractivity contribution in [3.8, 4) is 16.8 Å². The van der Waals surface area contributed by atoms with Gasteiger partial charge in [-0.25, -0.2) is 0 Å². The number of para-hydroxylation sites is 1. The highest BCUT2D eigenvalue weighted by molar-refractivity contribution is 7.00. The molecule has 46 heavy (non-hydrogen) atoms. The molecule has 1 nitrogen and oxygen atoms in total. The highest BCUT2D eigenvalue weighted by Crippen LogP contribution is 2.51. The molecule has 0 unspecified atom stereocenters. The first-order valence-electron chi connectivity index (χ1n) is 16.4. The first-order chi connectivity index (χ1) is 22.9. The van der Waals surface area contributed by atoms with Crippen molar-refractivity contribution < 1.29 is 0 Å². The van der Waals surface area contributed by atoms with E-state index in [4.69, 9.17) is 0 Å². The third kappa shape index (κ3) is 2.85. The first-order valence-corrected chi connectivity index (χ1v) is 16.4. The van der Waals surface area contributed by atoms with Gasteiger partial charge in [0.1, 0.15) is 0 Å². The fourth-order valence-corrected chi connectivity index (χ4v) is 9.55. The van der Waals surface area contributed by atoms with Crippen LogP contribution in [0.25, 0.3) is 38.6 Å². The number of rotatable bonds is 3. The third-order valence-corrected chi connectivity index (χ3v) is 11.2. The van der Waals surface area contributed by atoms with Crippen molar-refractivity contribution in [2.75, 3.05) is 0 Å². The maximum atomic E-state index is 2.59. The molecule has 0 N–H and O–H groups in total. The third-order valence-electron chi connectivity index (χ3n) is 11.2. The van der Waals surface area contributed by atoms with Gasteiger partial charge in [0.25, 0.3) is 0 Å². The van der Waals surface area contributed by atoms with E-state index in [1.807, 2.05) is 0 Å². The predicted octanol–water partition coefficient (Wildman–Crippen LogP) is 7.88. The van der Waals surface area contributed by atoms with Gasteiger partial charge in [0, 0.05) is 22.0 Å². The van der Waals surface area contributed by atoms with Crippen LogP contribution in [0.3, 0.4) is 0 Å². The van der Waals surface area contributed by atoms with Crippen molar-refractivity contribution in [3.05, 3.63) is 191 Å². The Labute approximate surface area is 268 Å². The molecular weight excluding hydrogens is 553 g/mol. The van der Waals surface area contributed by atoms with Crippen LogP contribution >= 0.6 is 0 Å². The Hall–Kier alpha value is -5.60. The van der Waals surface area contributed by atoms with Gasteiger partial charge in [0.15, 0.2) is 0 Å². The highest BCUT2D eigenvalue weighted by atomic mass is 15.0. The molecule has 0 amide bonds. The Balaban J connectivity index is 1.42. The largest absolute Gasteiger partial charge is 0.310 e. The fraction of sp³-hybridized carbons (Fsp3) is 0.0455. The van der Waals surface area contributed by atoms with Gasteiger partial charge in [-0.1, -0.05) is 151 Å². The van der Waals surface area contributed by atoms with E-state index in [9.17, 15) is 0 Å². The van der Waals surface area contributed by atoms with Crippen molar-refractivity contribution >= 4 is 44.9 Å². The zero-order chi connectivity index (χ0) is 30.0. The molecule has 0 bridgehead atoms. The molecule has 8 aromatic rings. The van der Waals surface area contributed by atoms with E-state index >= 15 is 0 Å². The van der Waals surface area contributed by atoms with E-state index < -0.39 is 5.41 Å². The van der Waals surface area contributed by atoms with Crippen LogP contribution in [-0.4, -0.2) is 11.3 Å². The Bertz CT molecular complexity index is 2500. The molecule has 3 aliphatic heterocycles. The van der Waals surface area contributed by atoms with Gasteiger partial charge in [-0.15, -0.1) is 0 Å². The van der Waals surface area contributed by atoms with Crippen LogP contribution in [0.1, 0.15) is 33.4 Å². The second kappa shape index (κ2) is 8.77. The van der Waals surface area contributed by atoms with Crippen molar-refractivity contribution in [1.29, 1.82) is 0 Å². The van der Waals surface area contributed by atoms with Crippen LogP contribution in [0, 0.1) is 0 Å². The van der Waals surface area contributed by atoms with Crippen molar-refractivity contribution in [2.24, 2.45) is 0 Å². The lowest BCUT2D eigenvalue weighted by Crippen LogP contribution is -2.67. The highest BCUT2D eigenvalue weighted by Gasteiger charge is 2.53. The van der Waals surface area contributed by atoms with Gasteiger partial charge >= 0.3 is 0 Å². The summed E-state index contributed by atoms with van der Waals surface area (Å²) in [6, 6.07) is 59.4. The summed E-state index contributed by atoms with van der Waals surface area (Å²) < 4.78 is 2.59. The molecule has 0 saturated carbocycles. The zero-order valence-electron chi connectivity index (χ0n) is 25.2. The van der Waals surface area contributed by atoms with Crippen molar-refractivity contribution in [1.82, 2.24) is 4.57 Å². The lowest BCUT2D eigenvalue weighted by molar-refractivity contribution is 0.750. The molecule has 4 heterocycles. The molecule has 2 heteroatoms. The molecule has 11 rings (SSSR count). The molecule has 7 aromatic carbocycles. The molecule has 0 atom stereocenters. The molecule has 0 fully saturated rings. The first kappa shape index (κ1) is 24.7. The quantitative estimate of drug-likeness (QED) is 0.187. The average Bonchev–Trinajstić information content (AvgIpc) is 3.47. The minimum absolute atomic E-state index is 0.171. The topological polar surface area (TPSA) is 4.93 Å². The zero-order valence-corrected chi connectivity index (χ0v) is 25.2. The Kier molecular flexibility index (Phi) is 4.71. The summed E-state index contributed by atoms with van der Waals surface area (Å²) in [4.78, 5) is 0. The maximum absolute atomic E-state index is 2.59. The molecule has 212 valence electrons. The van der Waals surface area contributed by atoms with Crippen LogP contribution in [0.15, 0.2) is 158 Å². The van der Waals surface area contributed by atoms with Crippen LogP contribution in [0.2, 0.25) is 0 Å². The summed E-state index contributed by atoms with van der Waals surface area (Å²) >= 11 is 0. The van der Waals surface area contributed by atoms with Crippen molar-refractivity contribution in [3.63, 3.8) is 0 Å². The predicted molar refractivity (Wildman–Crippen MR) is 192 cm³/mol. The van der Waals surface area contributed by atoms with E-state index in [1.54, 1.807) is 0 Å². The van der Waals surface area contributed by atoms with Crippen molar-refractivity contribution in [2.45, 2.75) is 11.8 Å². The number of benzene rings is 7. The summed E-state index contributed by atoms with van der Waals surface area (Å²) in [6.07, 6.45) is 0.942. The Morgan fingerprint density at radius 2 is 1.15 bits per heavy atom. The van der Waals surface area contributed by atoms with Gasteiger partial charge < -0.3 is 4.57 Å². The summed E-state index contributed by atoms with van der Waals surface area (Å²) in [6.45, 7) is 0.171. The molecule has 0 radical (unpaired) electrons. The van der Waals surface area contributed by atoms with E-state index in [0.29, 0.717) is 0 Å². The van der Waals surface area contributed by atoms with E-state index in [1.165, 1.54) is 88.4 Å². The lowest BCUT2D eigenvalue weighted by Gasteiger charge is -2.49. The van der Waals surface area contributed by atoms with Gasteiger partial charge in [-0.05, 0) is 74.0 Å². The van der Waals surface area contributed by atoms with Gasteiger partial charge in [0.05, 0.1) is 10.9 Å². The summed E-state index contributed by atoms with van der Waals surface area (Å²) in [7, 11) is 0. The SMILES string of the molecule is c1ccc(-c2ccc3c4c2C(c2ccccc2)(c2ccccc2)c2cccc5c2B4c2c(ccc4c6ccccc6n-5c24)C3)cc1. The molecular formula is C44H28BN. The maximum Gasteiger partial charge on any atom is 0.248 e. The van der Waals surface area contributed by atoms with Gasteiger partial charge in [-0.2, -0.15) is 0 Å². The number of aromatic nitrogens is 1. The Morgan fingerprint density at radius 3 is 1.91 bits per heavy atom. The molecule has 0 spiro atoms. The van der Waals surface area contributed by atoms with E-state index in [0.717, 1.165) is 6.42 Å². The van der Waals surface area contributed by atoms with Crippen LogP contribution in [0.4, 0.5) is 0 Å². The summed E-state index contributed by atoms with van der Waals surface area (Å²) in [5.41, 5.74) is 18.9. The average molecular weight is 582 g/mol. The number of hydrogen-bond donors (Lipinski definition) is 0. The van der Waals surface area contributed by atoms with E-state index in [-0.39, 0.29) is 6.71 Å². The minimum atomic E-state index is -0.507. The monoisotopic (exact) mass is 581 g/mol. The normalized spacial score (nSPS) is 14.6. The van der Waals surface area contributed by atoms with Crippen LogP contribution in [-0.2, 0) is 11.8 Å². The van der Waals surface area contributed by atoms with Gasteiger partial charge in [0.2, 0.25) is 6.71 Å². The number of fused-ring (bicyclic) bond motifs is 4. The second-order valence-corrected chi connectivity index (χ2v) is 13.1. The standard InChI is InChI=1S/C44H28BN/c1-4-13-28(14-5-1)33-25-23-29-27-30-24-26-35-34-19-10-11-21-37(34)46-38-22-12-20-36-42(38)45(41(30)43(35)46)40(29)39(33)44(36,31-15-6-2-7-16-31)32-17-8-3-9-18-32/h1-26H,27H2. The molecule has 3 aliphatic rings.